The van der Waals surface area contributed by atoms with Gasteiger partial charge in [0.15, 0.2) is 0 Å². The molecule has 0 saturated heterocycles. The summed E-state index contributed by atoms with van der Waals surface area (Å²) < 4.78 is 12.7. The number of nitrogens with two attached hydrogens (primary N) is 1. The van der Waals surface area contributed by atoms with Crippen LogP contribution in [0.15, 0.2) is 36.5 Å². The van der Waals surface area contributed by atoms with Crippen LogP contribution in [0.5, 0.6) is 0 Å². The number of nitrogens with one attached hydrogen (secondary N) is 1. The number of halogens is 1. The van der Waals surface area contributed by atoms with Crippen LogP contribution in [-0.4, -0.2) is 16.5 Å². The molecule has 4 nitrogen and oxygen atoms in total. The third-order valence-electron chi connectivity index (χ3n) is 2.19. The van der Waals surface area contributed by atoms with E-state index in [2.05, 4.69) is 15.3 Å². The van der Waals surface area contributed by atoms with Crippen molar-refractivity contribution in [3.8, 4) is 0 Å². The first-order valence-corrected chi connectivity index (χ1v) is 5.32. The summed E-state index contributed by atoms with van der Waals surface area (Å²) in [4.78, 5) is 8.38. The first-order valence-electron chi connectivity index (χ1n) is 5.32. The number of rotatable bonds is 4. The minimum Gasteiger partial charge on any atom is -0.340 e. The minimum absolute atomic E-state index is 0.262. The molecule has 5 heteroatoms. The predicted molar refractivity (Wildman–Crippen MR) is 64.5 cm³/mol. The van der Waals surface area contributed by atoms with E-state index in [4.69, 9.17) is 5.73 Å². The van der Waals surface area contributed by atoms with Crippen LogP contribution < -0.4 is 11.1 Å². The predicted octanol–water partition coefficient (Wildman–Crippen LogP) is 1.86. The lowest BCUT2D eigenvalue weighted by molar-refractivity contribution is 0.628. The van der Waals surface area contributed by atoms with Crippen LogP contribution in [0, 0.1) is 5.82 Å². The van der Waals surface area contributed by atoms with E-state index < -0.39 is 0 Å². The molecule has 1 heterocycles. The average molecular weight is 232 g/mol. The second-order valence-corrected chi connectivity index (χ2v) is 3.53. The van der Waals surface area contributed by atoms with E-state index in [1.807, 2.05) is 0 Å². The van der Waals surface area contributed by atoms with Gasteiger partial charge in [-0.1, -0.05) is 0 Å². The molecule has 3 N–H and O–H groups in total. The monoisotopic (exact) mass is 232 g/mol. The van der Waals surface area contributed by atoms with Crippen LogP contribution in [-0.2, 0) is 6.42 Å². The molecular formula is C12H13FN4. The number of hydrogen-bond acceptors (Lipinski definition) is 4. The van der Waals surface area contributed by atoms with Crippen molar-refractivity contribution in [1.82, 2.24) is 9.97 Å². The molecule has 0 saturated carbocycles. The van der Waals surface area contributed by atoms with Crippen molar-refractivity contribution >= 4 is 11.5 Å². The number of nitrogens with zero attached hydrogens (tertiary/aromatic N) is 2. The summed E-state index contributed by atoms with van der Waals surface area (Å²) in [6.07, 6.45) is 2.31. The zero-order valence-electron chi connectivity index (χ0n) is 9.23. The molecule has 0 atom stereocenters. The summed E-state index contributed by atoms with van der Waals surface area (Å²) in [5, 5.41) is 3.07. The Morgan fingerprint density at radius 3 is 2.65 bits per heavy atom. The smallest absolute Gasteiger partial charge is 0.134 e. The molecule has 1 aromatic heterocycles. The molecule has 2 rings (SSSR count). The van der Waals surface area contributed by atoms with Gasteiger partial charge in [-0.3, -0.25) is 0 Å². The number of anilines is 2. The van der Waals surface area contributed by atoms with E-state index in [1.54, 1.807) is 24.4 Å². The fourth-order valence-corrected chi connectivity index (χ4v) is 1.40. The Labute approximate surface area is 98.7 Å². The molecule has 0 fully saturated rings. The van der Waals surface area contributed by atoms with Gasteiger partial charge in [-0.2, -0.15) is 0 Å². The fourth-order valence-electron chi connectivity index (χ4n) is 1.40. The molecule has 1 aromatic carbocycles. The molecule has 2 aromatic rings. The normalized spacial score (nSPS) is 10.2. The zero-order valence-corrected chi connectivity index (χ0v) is 9.23. The van der Waals surface area contributed by atoms with Gasteiger partial charge in [0.25, 0.3) is 0 Å². The van der Waals surface area contributed by atoms with E-state index >= 15 is 0 Å². The molecule has 0 bridgehead atoms. The SMILES string of the molecule is NCCc1nccc(Nc2ccc(F)cc2)n1. The highest BCUT2D eigenvalue weighted by Crippen LogP contribution is 2.14. The molecule has 0 unspecified atom stereocenters. The molecule has 0 aliphatic rings. The second-order valence-electron chi connectivity index (χ2n) is 3.53. The standard InChI is InChI=1S/C12H13FN4/c13-9-1-3-10(4-2-9)16-12-6-8-15-11(17-12)5-7-14/h1-4,6,8H,5,7,14H2,(H,15,16,17). The van der Waals surface area contributed by atoms with Crippen molar-refractivity contribution in [3.63, 3.8) is 0 Å². The van der Waals surface area contributed by atoms with Crippen LogP contribution in [0.25, 0.3) is 0 Å². The molecule has 0 aliphatic carbocycles. The molecule has 0 radical (unpaired) electrons. The largest absolute Gasteiger partial charge is 0.340 e. The van der Waals surface area contributed by atoms with Crippen molar-refractivity contribution in [2.75, 3.05) is 11.9 Å². The Balaban J connectivity index is 2.12. The van der Waals surface area contributed by atoms with Gasteiger partial charge in [0.05, 0.1) is 0 Å². The third kappa shape index (κ3) is 3.22. The van der Waals surface area contributed by atoms with Gasteiger partial charge in [0.1, 0.15) is 17.5 Å². The second kappa shape index (κ2) is 5.36. The van der Waals surface area contributed by atoms with Gasteiger partial charge in [0.2, 0.25) is 0 Å². The molecule has 17 heavy (non-hydrogen) atoms. The Kier molecular flexibility index (Phi) is 3.62. The van der Waals surface area contributed by atoms with Gasteiger partial charge >= 0.3 is 0 Å². The summed E-state index contributed by atoms with van der Waals surface area (Å²) in [6.45, 7) is 0.514. The highest BCUT2D eigenvalue weighted by atomic mass is 19.1. The lowest BCUT2D eigenvalue weighted by Crippen LogP contribution is -2.07. The van der Waals surface area contributed by atoms with Gasteiger partial charge in [-0.05, 0) is 36.9 Å². The van der Waals surface area contributed by atoms with Gasteiger partial charge in [-0.15, -0.1) is 0 Å². The highest BCUT2D eigenvalue weighted by Gasteiger charge is 1.99. The third-order valence-corrected chi connectivity index (χ3v) is 2.19. The maximum atomic E-state index is 12.7. The molecule has 0 spiro atoms. The van der Waals surface area contributed by atoms with Gasteiger partial charge in [-0.25, -0.2) is 14.4 Å². The molecular weight excluding hydrogens is 219 g/mol. The van der Waals surface area contributed by atoms with Crippen LogP contribution >= 0.6 is 0 Å². The summed E-state index contributed by atoms with van der Waals surface area (Å²) in [7, 11) is 0. The minimum atomic E-state index is -0.262. The van der Waals surface area contributed by atoms with Crippen molar-refractivity contribution in [1.29, 1.82) is 0 Å². The first kappa shape index (κ1) is 11.5. The Morgan fingerprint density at radius 1 is 1.18 bits per heavy atom. The molecule has 0 aliphatic heterocycles. The van der Waals surface area contributed by atoms with E-state index in [1.165, 1.54) is 12.1 Å². The maximum absolute atomic E-state index is 12.7. The molecule has 0 amide bonds. The van der Waals surface area contributed by atoms with Crippen molar-refractivity contribution in [2.24, 2.45) is 5.73 Å². The Bertz CT molecular complexity index is 484. The Morgan fingerprint density at radius 2 is 1.94 bits per heavy atom. The van der Waals surface area contributed by atoms with Crippen molar-refractivity contribution in [2.45, 2.75) is 6.42 Å². The topological polar surface area (TPSA) is 63.8 Å². The number of aromatic nitrogens is 2. The summed E-state index contributed by atoms with van der Waals surface area (Å²) in [5.41, 5.74) is 6.22. The van der Waals surface area contributed by atoms with Crippen molar-refractivity contribution in [3.05, 3.63) is 48.2 Å². The molecule has 88 valence electrons. The van der Waals surface area contributed by atoms with E-state index in [-0.39, 0.29) is 5.82 Å². The van der Waals surface area contributed by atoms with E-state index in [0.717, 1.165) is 5.69 Å². The maximum Gasteiger partial charge on any atom is 0.134 e. The average Bonchev–Trinajstić information content (AvgIpc) is 2.33. The quantitative estimate of drug-likeness (QED) is 0.844. The summed E-state index contributed by atoms with van der Waals surface area (Å²) in [6, 6.07) is 7.85. The van der Waals surface area contributed by atoms with Crippen molar-refractivity contribution < 1.29 is 4.39 Å². The summed E-state index contributed by atoms with van der Waals surface area (Å²) in [5.74, 6) is 1.11. The van der Waals surface area contributed by atoms with Crippen LogP contribution in [0.2, 0.25) is 0 Å². The van der Waals surface area contributed by atoms with Crippen LogP contribution in [0.4, 0.5) is 15.9 Å². The van der Waals surface area contributed by atoms with Crippen LogP contribution in [0.1, 0.15) is 5.82 Å². The zero-order chi connectivity index (χ0) is 12.1. The fraction of sp³-hybridized carbons (Fsp3) is 0.167. The van der Waals surface area contributed by atoms with E-state index in [0.29, 0.717) is 24.6 Å². The first-order chi connectivity index (χ1) is 8.28. The Hall–Kier alpha value is -2.01. The lowest BCUT2D eigenvalue weighted by atomic mass is 10.3. The summed E-state index contributed by atoms with van der Waals surface area (Å²) >= 11 is 0. The van der Waals surface area contributed by atoms with Crippen LogP contribution in [0.3, 0.4) is 0 Å². The van der Waals surface area contributed by atoms with Gasteiger partial charge in [0, 0.05) is 18.3 Å². The number of benzene rings is 1. The highest BCUT2D eigenvalue weighted by molar-refractivity contribution is 5.55. The number of hydrogen-bond donors (Lipinski definition) is 2. The van der Waals surface area contributed by atoms with Gasteiger partial charge < -0.3 is 11.1 Å². The lowest BCUT2D eigenvalue weighted by Gasteiger charge is -2.06. The van der Waals surface area contributed by atoms with E-state index in [9.17, 15) is 4.39 Å².